The number of halogens is 3. The molecule has 0 aromatic heterocycles. The van der Waals surface area contributed by atoms with Crippen LogP contribution in [0.5, 0.6) is 0 Å². The molecular formula is H20Cl3FeO10. The second kappa shape index (κ2) is 148. The van der Waals surface area contributed by atoms with Gasteiger partial charge in [-0.1, -0.05) is 0 Å². The molecule has 0 aromatic rings. The van der Waals surface area contributed by atoms with Gasteiger partial charge in [0.2, 0.25) is 0 Å². The molecule has 0 heterocycles. The van der Waals surface area contributed by atoms with Crippen molar-refractivity contribution >= 4 is 30.3 Å². The standard InChI is InChI=1S/3ClH.Fe.10H2O/h3*1H;;10*1H2/q;;;+3;;;;;;;;;;/p-3. The fraction of sp³-hybridized carbons (Fsp3) is 0. The van der Waals surface area contributed by atoms with Crippen molar-refractivity contribution in [2.24, 2.45) is 0 Å². The van der Waals surface area contributed by atoms with E-state index in [-0.39, 0.29) is 54.8 Å². The molecule has 14 heavy (non-hydrogen) atoms. The first-order valence-electron chi connectivity index (χ1n) is 0.401. The third kappa shape index (κ3) is 1910. The molecule has 0 saturated carbocycles. The van der Waals surface area contributed by atoms with E-state index in [1.807, 2.05) is 0 Å². The Labute approximate surface area is 96.4 Å². The molecule has 14 heteroatoms. The van der Waals surface area contributed by atoms with E-state index in [0.29, 0.717) is 0 Å². The molecular weight excluding hydrogens is 322 g/mol. The van der Waals surface area contributed by atoms with Crippen LogP contribution < -0.4 is 0 Å². The van der Waals surface area contributed by atoms with Gasteiger partial charge in [-0.2, -0.15) is 0 Å². The first-order valence-corrected chi connectivity index (χ1v) is 4.96. The van der Waals surface area contributed by atoms with Crippen LogP contribution in [0.4, 0.5) is 0 Å². The van der Waals surface area contributed by atoms with Crippen LogP contribution in [0.2, 0.25) is 0 Å². The molecule has 20 N–H and O–H groups in total. The summed E-state index contributed by atoms with van der Waals surface area (Å²) in [5, 5.41) is 0. The number of rotatable bonds is 0. The Kier molecular flexibility index (Phi) is 1950. The molecule has 0 aromatic carbocycles. The summed E-state index contributed by atoms with van der Waals surface area (Å²) in [6.07, 6.45) is 0. The van der Waals surface area contributed by atoms with Crippen LogP contribution in [0.25, 0.3) is 0 Å². The molecule has 0 rings (SSSR count). The Morgan fingerprint density at radius 2 is 0.357 bits per heavy atom. The summed E-state index contributed by atoms with van der Waals surface area (Å²) in [6, 6.07) is 0. The summed E-state index contributed by atoms with van der Waals surface area (Å²) in [5.74, 6) is 0. The van der Waals surface area contributed by atoms with Gasteiger partial charge in [0.1, 0.15) is 0 Å². The Hall–Kier alpha value is 0.989. The molecule has 0 aliphatic heterocycles. The van der Waals surface area contributed by atoms with Crippen molar-refractivity contribution < 1.29 is 65.9 Å². The monoisotopic (exact) mass is 341 g/mol. The van der Waals surface area contributed by atoms with Crippen molar-refractivity contribution in [3.8, 4) is 0 Å². The Morgan fingerprint density at radius 3 is 0.357 bits per heavy atom. The van der Waals surface area contributed by atoms with Crippen LogP contribution in [-0.4, -0.2) is 54.8 Å². The van der Waals surface area contributed by atoms with Gasteiger partial charge in [-0.3, -0.25) is 0 Å². The molecule has 109 valence electrons. The van der Waals surface area contributed by atoms with Gasteiger partial charge >= 0.3 is 41.5 Å². The average Bonchev–Trinajstić information content (AvgIpc) is 0.811. The summed E-state index contributed by atoms with van der Waals surface area (Å²) < 4.78 is 0. The molecule has 0 radical (unpaired) electrons. The summed E-state index contributed by atoms with van der Waals surface area (Å²) >= 11 is -1.33. The quantitative estimate of drug-likeness (QED) is 0.370. The van der Waals surface area contributed by atoms with E-state index in [1.54, 1.807) is 0 Å². The van der Waals surface area contributed by atoms with Crippen molar-refractivity contribution in [1.29, 1.82) is 0 Å². The molecule has 0 saturated heterocycles. The van der Waals surface area contributed by atoms with Crippen LogP contribution in [0.1, 0.15) is 0 Å². The Balaban J connectivity index is -0.000000001000. The zero-order chi connectivity index (χ0) is 3.58. The SMILES string of the molecule is O.O.O.O.O.O.O.O.O.O.[Cl][Fe]([Cl])[Cl]. The second-order valence-corrected chi connectivity index (χ2v) is 5.62. The molecule has 10 nitrogen and oxygen atoms in total. The molecule has 0 atom stereocenters. The van der Waals surface area contributed by atoms with Crippen LogP contribution in [-0.2, 0) is 11.2 Å². The molecule has 0 bridgehead atoms. The molecule has 0 aliphatic rings. The second-order valence-electron chi connectivity index (χ2n) is 0.152. The third-order valence-electron chi connectivity index (χ3n) is 0. The van der Waals surface area contributed by atoms with E-state index >= 15 is 0 Å². The van der Waals surface area contributed by atoms with Gasteiger partial charge in [0, 0.05) is 0 Å². The van der Waals surface area contributed by atoms with Crippen molar-refractivity contribution in [2.75, 3.05) is 0 Å². The Bertz CT molecular complexity index is 20.1. The predicted octanol–water partition coefficient (Wildman–Crippen LogP) is -6.18. The fourth-order valence-corrected chi connectivity index (χ4v) is 0. The fourth-order valence-electron chi connectivity index (χ4n) is 0. The molecule has 0 spiro atoms. The van der Waals surface area contributed by atoms with E-state index in [1.165, 1.54) is 0 Å². The maximum absolute atomic E-state index is 4.89. The summed E-state index contributed by atoms with van der Waals surface area (Å²) in [4.78, 5) is 0. The zero-order valence-corrected chi connectivity index (χ0v) is 9.86. The minimum absolute atomic E-state index is 0. The molecule has 0 aliphatic carbocycles. The van der Waals surface area contributed by atoms with Crippen molar-refractivity contribution in [3.05, 3.63) is 0 Å². The third-order valence-corrected chi connectivity index (χ3v) is 0. The van der Waals surface area contributed by atoms with E-state index in [9.17, 15) is 0 Å². The molecule has 0 fully saturated rings. The summed E-state index contributed by atoms with van der Waals surface area (Å²) in [5.41, 5.74) is 0. The normalized spacial score (nSPS) is 3.21. The van der Waals surface area contributed by atoms with Crippen molar-refractivity contribution in [3.63, 3.8) is 0 Å². The summed E-state index contributed by atoms with van der Waals surface area (Å²) in [6.45, 7) is 0. The minimum atomic E-state index is -1.33. The number of hydrogen-bond acceptors (Lipinski definition) is 0. The van der Waals surface area contributed by atoms with Crippen LogP contribution in [0.3, 0.4) is 0 Å². The van der Waals surface area contributed by atoms with Gasteiger partial charge in [-0.25, -0.2) is 0 Å². The van der Waals surface area contributed by atoms with Gasteiger partial charge in [0.05, 0.1) is 0 Å². The van der Waals surface area contributed by atoms with E-state index < -0.39 is 11.2 Å². The average molecular weight is 342 g/mol. The van der Waals surface area contributed by atoms with Gasteiger partial charge in [-0.05, 0) is 0 Å². The van der Waals surface area contributed by atoms with Gasteiger partial charge in [0.25, 0.3) is 0 Å². The molecule has 0 amide bonds. The number of hydrogen-bond donors (Lipinski definition) is 0. The van der Waals surface area contributed by atoms with Crippen LogP contribution in [0.15, 0.2) is 0 Å². The van der Waals surface area contributed by atoms with Crippen molar-refractivity contribution in [1.82, 2.24) is 0 Å². The van der Waals surface area contributed by atoms with Gasteiger partial charge < -0.3 is 54.8 Å². The van der Waals surface area contributed by atoms with Crippen molar-refractivity contribution in [2.45, 2.75) is 0 Å². The first kappa shape index (κ1) is 184. The Morgan fingerprint density at radius 1 is 0.357 bits per heavy atom. The van der Waals surface area contributed by atoms with E-state index in [4.69, 9.17) is 30.3 Å². The maximum atomic E-state index is 4.89. The summed E-state index contributed by atoms with van der Waals surface area (Å²) in [7, 11) is 14.7. The topological polar surface area (TPSA) is 315 Å². The van der Waals surface area contributed by atoms with Crippen LogP contribution in [0, 0.1) is 0 Å². The van der Waals surface area contributed by atoms with Gasteiger partial charge in [-0.15, -0.1) is 0 Å². The van der Waals surface area contributed by atoms with E-state index in [0.717, 1.165) is 0 Å². The van der Waals surface area contributed by atoms with Gasteiger partial charge in [0.15, 0.2) is 0 Å². The van der Waals surface area contributed by atoms with Crippen LogP contribution >= 0.6 is 30.3 Å². The molecule has 0 unspecified atom stereocenters. The van der Waals surface area contributed by atoms with E-state index in [2.05, 4.69) is 0 Å². The zero-order valence-electron chi connectivity index (χ0n) is 6.49. The predicted molar refractivity (Wildman–Crippen MR) is 53.7 cm³/mol. The first-order chi connectivity index (χ1) is 1.73.